The van der Waals surface area contributed by atoms with Crippen LogP contribution in [0, 0.1) is 48.9 Å². The number of allylic oxidation sites excluding steroid dienone is 4. The third-order valence-corrected chi connectivity index (χ3v) is 17.2. The van der Waals surface area contributed by atoms with Gasteiger partial charge in [0.05, 0.1) is 17.8 Å². The first-order valence-electron chi connectivity index (χ1n) is 23.9. The number of aliphatic hydroxyl groups excluding tert-OH is 1. The number of nitrogens with zero attached hydrogens (tertiary/aromatic N) is 3. The van der Waals surface area contributed by atoms with Gasteiger partial charge in [0.1, 0.15) is 5.71 Å². The van der Waals surface area contributed by atoms with E-state index in [1.807, 2.05) is 6.92 Å². The number of aromatic nitrogens is 1. The molecule has 4 aliphatic carbocycles. The summed E-state index contributed by atoms with van der Waals surface area (Å²) in [6.07, 6.45) is 19.6. The third-order valence-electron chi connectivity index (χ3n) is 17.2. The number of hydrogen-bond donors (Lipinski definition) is 3. The smallest absolute Gasteiger partial charge is 0.394 e. The highest BCUT2D eigenvalue weighted by Crippen LogP contribution is 2.65. The molecule has 3 N–H and O–H groups in total. The van der Waals surface area contributed by atoms with Crippen molar-refractivity contribution >= 4 is 30.6 Å². The van der Waals surface area contributed by atoms with E-state index in [4.69, 9.17) is 4.74 Å². The molecule has 1 aromatic heterocycles. The summed E-state index contributed by atoms with van der Waals surface area (Å²) >= 11 is 0. The van der Waals surface area contributed by atoms with Crippen molar-refractivity contribution in [1.29, 1.82) is 0 Å². The van der Waals surface area contributed by atoms with E-state index in [1.54, 1.807) is 36.8 Å². The summed E-state index contributed by atoms with van der Waals surface area (Å²) in [6.45, 7) is 12.2. The van der Waals surface area contributed by atoms with Crippen LogP contribution in [0.4, 0.5) is 8.63 Å². The van der Waals surface area contributed by atoms with Gasteiger partial charge < -0.3 is 38.1 Å². The lowest BCUT2D eigenvalue weighted by Gasteiger charge is -2.49. The summed E-state index contributed by atoms with van der Waals surface area (Å²) < 4.78 is 41.0. The van der Waals surface area contributed by atoms with Gasteiger partial charge in [-0.1, -0.05) is 44.4 Å². The van der Waals surface area contributed by atoms with Gasteiger partial charge in [-0.2, -0.15) is 0 Å². The molecule has 9 rings (SSSR count). The monoisotopic (exact) mass is 842 g/mol. The fourth-order valence-electron chi connectivity index (χ4n) is 14.2. The van der Waals surface area contributed by atoms with Crippen molar-refractivity contribution < 1.29 is 32.6 Å². The minimum Gasteiger partial charge on any atom is -0.394 e. The van der Waals surface area contributed by atoms with Crippen LogP contribution < -0.4 is 10.6 Å². The first-order valence-corrected chi connectivity index (χ1v) is 23.9. The second-order valence-electron chi connectivity index (χ2n) is 20.8. The Morgan fingerprint density at radius 1 is 1.02 bits per heavy atom. The molecule has 2 saturated carbocycles. The predicted octanol–water partition coefficient (Wildman–Crippen LogP) is 8.01. The molecular weight excluding hydrogens is 771 g/mol. The van der Waals surface area contributed by atoms with E-state index in [9.17, 15) is 14.7 Å². The van der Waals surface area contributed by atoms with E-state index in [-0.39, 0.29) is 47.9 Å². The summed E-state index contributed by atoms with van der Waals surface area (Å²) in [6, 6.07) is 2.14. The van der Waals surface area contributed by atoms with Crippen LogP contribution in [0.2, 0.25) is 0 Å². The zero-order chi connectivity index (χ0) is 43.0. The van der Waals surface area contributed by atoms with Crippen LogP contribution >= 0.6 is 0 Å². The summed E-state index contributed by atoms with van der Waals surface area (Å²) in [5.74, 6) is 2.90. The Morgan fingerprint density at radius 2 is 1.80 bits per heavy atom. The molecule has 0 bridgehead atoms. The van der Waals surface area contributed by atoms with Crippen molar-refractivity contribution in [3.63, 3.8) is 0 Å². The summed E-state index contributed by atoms with van der Waals surface area (Å²) in [7, 11) is 0. The van der Waals surface area contributed by atoms with E-state index in [2.05, 4.69) is 49.3 Å². The van der Waals surface area contributed by atoms with Gasteiger partial charge >= 0.3 is 6.97 Å². The predicted molar refractivity (Wildman–Crippen MR) is 237 cm³/mol. The number of nitrogens with one attached hydrogen (secondary N) is 2. The Morgan fingerprint density at radius 3 is 2.62 bits per heavy atom. The number of rotatable bonds is 12. The van der Waals surface area contributed by atoms with Crippen molar-refractivity contribution in [1.82, 2.24) is 20.0 Å². The van der Waals surface area contributed by atoms with Gasteiger partial charge in [-0.25, -0.2) is 0 Å². The van der Waals surface area contributed by atoms with Crippen LogP contribution in [0.3, 0.4) is 0 Å². The van der Waals surface area contributed by atoms with Crippen molar-refractivity contribution in [3.05, 3.63) is 63.7 Å². The maximum Gasteiger partial charge on any atom is 0.737 e. The highest BCUT2D eigenvalue weighted by Gasteiger charge is 2.62. The maximum absolute atomic E-state index is 15.7. The Kier molecular flexibility index (Phi) is 11.5. The van der Waals surface area contributed by atoms with Gasteiger partial charge in [0.2, 0.25) is 11.8 Å². The largest absolute Gasteiger partial charge is 0.737 e. The van der Waals surface area contributed by atoms with E-state index >= 15 is 8.63 Å². The highest BCUT2D eigenvalue weighted by atomic mass is 19.2. The number of carbonyl (C=O) groups is 2. The van der Waals surface area contributed by atoms with Gasteiger partial charge in [0, 0.05) is 81.3 Å². The molecule has 2 amide bonds. The molecule has 4 fully saturated rings. The van der Waals surface area contributed by atoms with Gasteiger partial charge in [-0.3, -0.25) is 14.5 Å². The number of amides is 2. The van der Waals surface area contributed by atoms with Crippen molar-refractivity contribution in [2.45, 2.75) is 155 Å². The highest BCUT2D eigenvalue weighted by molar-refractivity contribution is 6.58. The second-order valence-corrected chi connectivity index (χ2v) is 20.8. The quantitative estimate of drug-likeness (QED) is 0.113. The number of likely N-dealkylation sites (tertiary alicyclic amines) is 1. The Balaban J connectivity index is 0.712. The van der Waals surface area contributed by atoms with Crippen LogP contribution in [0.25, 0.3) is 6.08 Å². The van der Waals surface area contributed by atoms with Crippen LogP contribution in [-0.4, -0.2) is 93.5 Å². The van der Waals surface area contributed by atoms with Gasteiger partial charge in [-0.05, 0) is 137 Å². The lowest BCUT2D eigenvalue weighted by atomic mass is 9.56. The first-order chi connectivity index (χ1) is 29.1. The first kappa shape index (κ1) is 42.9. The zero-order valence-electron chi connectivity index (χ0n) is 37.6. The van der Waals surface area contributed by atoms with Crippen LogP contribution in [0.15, 0.2) is 46.7 Å². The summed E-state index contributed by atoms with van der Waals surface area (Å²) in [5.41, 5.74) is 7.61. The van der Waals surface area contributed by atoms with Gasteiger partial charge in [-0.15, -0.1) is 0 Å². The molecule has 12 heteroatoms. The Labute approximate surface area is 362 Å². The van der Waals surface area contributed by atoms with Crippen molar-refractivity contribution in [3.8, 4) is 0 Å². The van der Waals surface area contributed by atoms with Crippen molar-refractivity contribution in [2.75, 3.05) is 26.2 Å². The molecule has 5 heterocycles. The molecule has 9 nitrogen and oxygen atoms in total. The lowest BCUT2D eigenvalue weighted by Crippen LogP contribution is -2.54. The molecule has 2 saturated heterocycles. The van der Waals surface area contributed by atoms with E-state index in [0.29, 0.717) is 77.9 Å². The van der Waals surface area contributed by atoms with Gasteiger partial charge in [0.25, 0.3) is 0 Å². The normalized spacial score (nSPS) is 35.9. The minimum absolute atomic E-state index is 0.0711. The fraction of sp³-hybridized carbons (Fsp3) is 0.694. The molecule has 4 aliphatic heterocycles. The number of aryl methyl sites for hydroxylation is 2. The fourth-order valence-corrected chi connectivity index (χ4v) is 14.2. The van der Waals surface area contributed by atoms with Crippen molar-refractivity contribution in [2.24, 2.45) is 35.0 Å². The number of fused-ring (bicyclic) bond motifs is 8. The molecule has 1 spiro atoms. The molecule has 8 unspecified atom stereocenters. The van der Waals surface area contributed by atoms with Gasteiger partial charge in [0.15, 0.2) is 5.70 Å². The number of piperidine rings is 1. The second kappa shape index (κ2) is 16.3. The molecule has 8 aliphatic rings. The summed E-state index contributed by atoms with van der Waals surface area (Å²) in [4.78, 5) is 28.2. The number of ether oxygens (including phenoxy) is 1. The molecule has 61 heavy (non-hydrogen) atoms. The topological polar surface area (TPSA) is 98.8 Å². The average Bonchev–Trinajstić information content (AvgIpc) is 3.96. The molecule has 10 atom stereocenters. The number of carbonyl (C=O) groups excluding carboxylic acids is 2. The van der Waals surface area contributed by atoms with E-state index in [1.165, 1.54) is 24.0 Å². The Bertz CT molecular complexity index is 2110. The average molecular weight is 842 g/mol. The molecular formula is C49H70BF2N5O4. The summed E-state index contributed by atoms with van der Waals surface area (Å²) in [5, 5.41) is 16.6. The maximum atomic E-state index is 15.7. The molecule has 1 aromatic rings. The lowest BCUT2D eigenvalue weighted by molar-refractivity contribution is -0.362. The van der Waals surface area contributed by atoms with Crippen LogP contribution in [0.1, 0.15) is 135 Å². The van der Waals surface area contributed by atoms with Crippen LogP contribution in [-0.2, 0) is 14.3 Å². The van der Waals surface area contributed by atoms with E-state index in [0.717, 1.165) is 85.4 Å². The minimum atomic E-state index is -4.03. The number of unbranched alkanes of at least 4 members (excludes halogenated alkanes) is 2. The number of halogens is 2. The molecule has 0 radical (unpaired) electrons. The van der Waals surface area contributed by atoms with E-state index < -0.39 is 6.97 Å². The molecule has 0 aromatic carbocycles. The Hall–Kier alpha value is -3.35. The SMILES string of the molecule is CC1=C2CC3C(CC=C4C[C@H](O)CCC43C)C2CCC12O[C@H]1CC(C)CN(CCNC(=O)CCCCCNC(=O)CCC3=[N+]4C(=Cc5c(C)cc(C)n5[B-]4(F)F)C=C3)C1C2C. The number of hydrogen-bond acceptors (Lipinski definition) is 5. The number of aliphatic hydroxyl groups is 1. The van der Waals surface area contributed by atoms with Crippen LogP contribution in [0.5, 0.6) is 0 Å². The third kappa shape index (κ3) is 7.36. The molecule has 332 valence electrons. The standard InChI is InChI=1S/C49H70BF2N5O4/c1-30-24-44-47(34(5)49(61-44)20-18-39-40-15-11-35-26-38(58)17-19-48(35,6)42(40)28-41(39)33(49)4)55(29-30)23-22-54-45(59)10-8-7-9-21-53-46(60)16-14-36-12-13-37-27-43-31(2)25-32(3)56(43)50(51,52)57(36)37/h11-13,25,27,30,34,38-40,42,44,47,58H,7-10,14-24,26,28-29H2,1-6H3,(H,53,60)(H,54,59)/t30?,34?,38-,39?,40?,42?,44+,47?,48?,49?/m1/s1. The zero-order valence-corrected chi connectivity index (χ0v) is 37.6.